The molecule has 0 bridgehead atoms. The van der Waals surface area contributed by atoms with Crippen molar-refractivity contribution in [1.29, 1.82) is 0 Å². The van der Waals surface area contributed by atoms with Gasteiger partial charge in [-0.25, -0.2) is 4.39 Å². The Hall–Kier alpha value is -3.35. The van der Waals surface area contributed by atoms with E-state index < -0.39 is 23.1 Å². The Labute approximate surface area is 207 Å². The third-order valence-corrected chi connectivity index (χ3v) is 7.92. The molecule has 2 saturated carbocycles. The fourth-order valence-corrected chi connectivity index (χ4v) is 5.55. The highest BCUT2D eigenvalue weighted by Gasteiger charge is 2.53. The van der Waals surface area contributed by atoms with Crippen molar-refractivity contribution >= 4 is 11.6 Å². The first-order valence-electron chi connectivity index (χ1n) is 12.2. The molecule has 7 heteroatoms. The lowest BCUT2D eigenvalue weighted by Crippen LogP contribution is -2.36. The van der Waals surface area contributed by atoms with Crippen LogP contribution in [-0.2, 0) is 23.7 Å². The molecule has 1 amide bonds. The van der Waals surface area contributed by atoms with Gasteiger partial charge in [0.25, 0.3) is 5.91 Å². The molecule has 0 unspecified atom stereocenters. The number of amides is 1. The molecule has 0 atom stereocenters. The smallest absolute Gasteiger partial charge is 0.365 e. The summed E-state index contributed by atoms with van der Waals surface area (Å²) in [6, 6.07) is 16.0. The van der Waals surface area contributed by atoms with Gasteiger partial charge < -0.3 is 10.2 Å². The molecule has 3 nitrogen and oxygen atoms in total. The summed E-state index contributed by atoms with van der Waals surface area (Å²) in [6.45, 7) is 2.98. The van der Waals surface area contributed by atoms with Gasteiger partial charge in [0.05, 0.1) is 22.4 Å². The van der Waals surface area contributed by atoms with Gasteiger partial charge in [-0.1, -0.05) is 42.0 Å². The summed E-state index contributed by atoms with van der Waals surface area (Å²) in [5.74, 6) is -0.763. The molecule has 3 aliphatic rings. The minimum Gasteiger partial charge on any atom is -0.365 e. The second kappa shape index (κ2) is 7.82. The minimum atomic E-state index is -4.39. The molecule has 0 radical (unpaired) electrons. The van der Waals surface area contributed by atoms with Crippen molar-refractivity contribution in [2.45, 2.75) is 56.3 Å². The van der Waals surface area contributed by atoms with Gasteiger partial charge in [-0.3, -0.25) is 4.79 Å². The Balaban J connectivity index is 1.32. The first-order valence-corrected chi connectivity index (χ1v) is 12.2. The van der Waals surface area contributed by atoms with E-state index >= 15 is 0 Å². The molecule has 1 N–H and O–H groups in total. The lowest BCUT2D eigenvalue weighted by Gasteiger charge is -2.24. The Kier molecular flexibility index (Phi) is 5.01. The molecule has 0 saturated heterocycles. The fraction of sp³-hybridized carbons (Fsp3) is 0.345. The van der Waals surface area contributed by atoms with Crippen molar-refractivity contribution in [2.75, 3.05) is 11.4 Å². The largest absolute Gasteiger partial charge is 0.416 e. The first-order chi connectivity index (χ1) is 17.1. The van der Waals surface area contributed by atoms with E-state index in [1.165, 1.54) is 24.3 Å². The van der Waals surface area contributed by atoms with Gasteiger partial charge in [-0.15, -0.1) is 0 Å². The third-order valence-electron chi connectivity index (χ3n) is 7.92. The molecule has 1 heterocycles. The van der Waals surface area contributed by atoms with Gasteiger partial charge in [0.15, 0.2) is 0 Å². The Morgan fingerprint density at radius 1 is 0.972 bits per heavy atom. The van der Waals surface area contributed by atoms with Crippen LogP contribution in [0.5, 0.6) is 0 Å². The number of fused-ring (bicyclic) bond motifs is 2. The van der Waals surface area contributed by atoms with E-state index in [1.807, 2.05) is 36.1 Å². The number of halogens is 4. The summed E-state index contributed by atoms with van der Waals surface area (Å²) in [5, 5.41) is 3.18. The average Bonchev–Trinajstić information content (AvgIpc) is 3.74. The van der Waals surface area contributed by atoms with Gasteiger partial charge in [0.2, 0.25) is 0 Å². The number of alkyl halides is 3. The predicted octanol–water partition coefficient (Wildman–Crippen LogP) is 6.62. The number of aryl methyl sites for hydroxylation is 1. The van der Waals surface area contributed by atoms with Crippen LogP contribution in [0, 0.1) is 12.7 Å². The normalized spacial score (nSPS) is 18.8. The van der Waals surface area contributed by atoms with Crippen molar-refractivity contribution in [3.63, 3.8) is 0 Å². The van der Waals surface area contributed by atoms with Crippen molar-refractivity contribution < 1.29 is 22.4 Å². The standard InChI is InChI=1S/C29H26F4N2O/c1-18-2-6-20(7-3-18)28(12-13-28)34-26(36)23-14-22(30)15-24-25(23)35(17-27(24)10-11-27)16-19-4-8-21(9-5-19)29(31,32)33/h2-9,14-15H,10-13,16-17H2,1H3,(H,34,36). The summed E-state index contributed by atoms with van der Waals surface area (Å²) < 4.78 is 53.8. The van der Waals surface area contributed by atoms with E-state index in [0.717, 1.165) is 54.5 Å². The maximum absolute atomic E-state index is 14.8. The Morgan fingerprint density at radius 2 is 1.64 bits per heavy atom. The Bertz CT molecular complexity index is 1340. The zero-order valence-electron chi connectivity index (χ0n) is 19.9. The quantitative estimate of drug-likeness (QED) is 0.404. The van der Waals surface area contributed by atoms with Gasteiger partial charge in [-0.05, 0) is 73.6 Å². The summed E-state index contributed by atoms with van der Waals surface area (Å²) in [6.07, 6.45) is -0.949. The lowest BCUT2D eigenvalue weighted by molar-refractivity contribution is -0.137. The molecule has 1 spiro atoms. The van der Waals surface area contributed by atoms with Crippen molar-refractivity contribution in [3.8, 4) is 0 Å². The van der Waals surface area contributed by atoms with Crippen LogP contribution in [0.25, 0.3) is 0 Å². The molecular formula is C29H26F4N2O. The third kappa shape index (κ3) is 3.94. The van der Waals surface area contributed by atoms with Crippen LogP contribution in [0.15, 0.2) is 60.7 Å². The van der Waals surface area contributed by atoms with Crippen LogP contribution >= 0.6 is 0 Å². The van der Waals surface area contributed by atoms with Gasteiger partial charge in [0, 0.05) is 18.5 Å². The van der Waals surface area contributed by atoms with Gasteiger partial charge in [0.1, 0.15) is 5.82 Å². The van der Waals surface area contributed by atoms with Crippen LogP contribution in [0.3, 0.4) is 0 Å². The highest BCUT2D eigenvalue weighted by Crippen LogP contribution is 2.58. The molecule has 0 aromatic heterocycles. The number of benzene rings is 3. The van der Waals surface area contributed by atoms with E-state index in [0.29, 0.717) is 29.9 Å². The molecular weight excluding hydrogens is 468 g/mol. The lowest BCUT2D eigenvalue weighted by atomic mass is 9.95. The van der Waals surface area contributed by atoms with Crippen molar-refractivity contribution in [2.24, 2.45) is 0 Å². The van der Waals surface area contributed by atoms with Crippen molar-refractivity contribution in [3.05, 3.63) is 99.9 Å². The fourth-order valence-electron chi connectivity index (χ4n) is 5.55. The SMILES string of the molecule is Cc1ccc(C2(NC(=O)c3cc(F)cc4c3N(Cc3ccc(C(F)(F)F)cc3)CC43CC3)CC2)cc1. The van der Waals surface area contributed by atoms with Crippen molar-refractivity contribution in [1.82, 2.24) is 5.32 Å². The summed E-state index contributed by atoms with van der Waals surface area (Å²) in [4.78, 5) is 15.6. The number of hydrogen-bond acceptors (Lipinski definition) is 2. The predicted molar refractivity (Wildman–Crippen MR) is 129 cm³/mol. The van der Waals surface area contributed by atoms with Gasteiger partial charge in [-0.2, -0.15) is 13.2 Å². The van der Waals surface area contributed by atoms with E-state index in [9.17, 15) is 22.4 Å². The second-order valence-corrected chi connectivity index (χ2v) is 10.6. The number of carbonyl (C=O) groups excluding carboxylic acids is 1. The summed E-state index contributed by atoms with van der Waals surface area (Å²) in [5.41, 5.74) is 3.38. The molecule has 1 aliphatic heterocycles. The summed E-state index contributed by atoms with van der Waals surface area (Å²) >= 11 is 0. The average molecular weight is 495 g/mol. The monoisotopic (exact) mass is 494 g/mol. The number of hydrogen-bond donors (Lipinski definition) is 1. The van der Waals surface area contributed by atoms with Crippen LogP contribution in [0.4, 0.5) is 23.2 Å². The highest BCUT2D eigenvalue weighted by molar-refractivity contribution is 6.02. The zero-order valence-corrected chi connectivity index (χ0v) is 19.9. The number of carbonyl (C=O) groups is 1. The molecule has 186 valence electrons. The highest BCUT2D eigenvalue weighted by atomic mass is 19.4. The van der Waals surface area contributed by atoms with Crippen LogP contribution < -0.4 is 10.2 Å². The number of nitrogens with zero attached hydrogens (tertiary/aromatic N) is 1. The second-order valence-electron chi connectivity index (χ2n) is 10.6. The van der Waals surface area contributed by atoms with Gasteiger partial charge >= 0.3 is 6.18 Å². The van der Waals surface area contributed by atoms with E-state index in [1.54, 1.807) is 0 Å². The first kappa shape index (κ1) is 23.1. The molecule has 6 rings (SSSR count). The topological polar surface area (TPSA) is 32.3 Å². The molecule has 3 aromatic rings. The van der Waals surface area contributed by atoms with E-state index in [2.05, 4.69) is 5.32 Å². The van der Waals surface area contributed by atoms with Crippen LogP contribution in [0.2, 0.25) is 0 Å². The maximum Gasteiger partial charge on any atom is 0.416 e. The molecule has 36 heavy (non-hydrogen) atoms. The number of nitrogens with one attached hydrogen (secondary N) is 1. The van der Waals surface area contributed by atoms with Crippen LogP contribution in [-0.4, -0.2) is 12.5 Å². The number of anilines is 1. The maximum atomic E-state index is 14.8. The molecule has 2 aliphatic carbocycles. The summed E-state index contributed by atoms with van der Waals surface area (Å²) in [7, 11) is 0. The minimum absolute atomic E-state index is 0.188. The number of rotatable bonds is 5. The van der Waals surface area contributed by atoms with E-state index in [4.69, 9.17) is 0 Å². The Morgan fingerprint density at radius 3 is 2.22 bits per heavy atom. The molecule has 2 fully saturated rings. The zero-order chi connectivity index (χ0) is 25.3. The van der Waals surface area contributed by atoms with Crippen LogP contribution in [0.1, 0.15) is 63.9 Å². The molecule has 3 aromatic carbocycles. The van der Waals surface area contributed by atoms with E-state index in [-0.39, 0.29) is 11.3 Å².